The Kier molecular flexibility index (Phi) is 4.07. The van der Waals surface area contributed by atoms with Gasteiger partial charge in [0.05, 0.1) is 10.5 Å². The van der Waals surface area contributed by atoms with E-state index in [0.29, 0.717) is 12.4 Å². The number of hydrogen-bond donors (Lipinski definition) is 2. The summed E-state index contributed by atoms with van der Waals surface area (Å²) >= 11 is 0. The van der Waals surface area contributed by atoms with E-state index >= 15 is 0 Å². The second-order valence-corrected chi connectivity index (χ2v) is 3.98. The van der Waals surface area contributed by atoms with Crippen LogP contribution in [0.15, 0.2) is 16.8 Å². The fraction of sp³-hybridized carbons (Fsp3) is 0.273. The van der Waals surface area contributed by atoms with Crippen molar-refractivity contribution in [1.82, 2.24) is 15.1 Å². The fourth-order valence-electron chi connectivity index (χ4n) is 1.55. The molecule has 0 aromatic carbocycles. The first-order chi connectivity index (χ1) is 10.0. The van der Waals surface area contributed by atoms with Gasteiger partial charge >= 0.3 is 6.01 Å². The molecule has 2 aromatic heterocycles. The Morgan fingerprint density at radius 2 is 2.29 bits per heavy atom. The van der Waals surface area contributed by atoms with E-state index in [0.717, 1.165) is 12.3 Å². The number of carbonyl (C=O) groups is 1. The maximum Gasteiger partial charge on any atom is 0.328 e. The topological polar surface area (TPSA) is 136 Å². The smallest absolute Gasteiger partial charge is 0.328 e. The van der Waals surface area contributed by atoms with Crippen LogP contribution in [0.5, 0.6) is 0 Å². The van der Waals surface area contributed by atoms with E-state index in [2.05, 4.69) is 25.8 Å². The zero-order valence-corrected chi connectivity index (χ0v) is 11.3. The first-order valence-electron chi connectivity index (χ1n) is 6.01. The summed E-state index contributed by atoms with van der Waals surface area (Å²) in [6, 6.07) is 1.04. The van der Waals surface area contributed by atoms with E-state index in [1.165, 1.54) is 0 Å². The number of rotatable bonds is 5. The van der Waals surface area contributed by atoms with Crippen LogP contribution in [-0.4, -0.2) is 32.5 Å². The van der Waals surface area contributed by atoms with Gasteiger partial charge in [-0.2, -0.15) is 4.98 Å². The van der Waals surface area contributed by atoms with Crippen molar-refractivity contribution in [2.75, 3.05) is 17.2 Å². The molecule has 0 radical (unpaired) electrons. The molecule has 0 unspecified atom stereocenters. The molecule has 110 valence electrons. The van der Waals surface area contributed by atoms with Gasteiger partial charge in [-0.15, -0.1) is 0 Å². The highest BCUT2D eigenvalue weighted by Crippen LogP contribution is 2.20. The maximum absolute atomic E-state index is 12.2. The number of hydrogen-bond acceptors (Lipinski definition) is 8. The van der Waals surface area contributed by atoms with E-state index in [1.807, 2.05) is 6.92 Å². The Morgan fingerprint density at radius 1 is 1.52 bits per heavy atom. The summed E-state index contributed by atoms with van der Waals surface area (Å²) in [7, 11) is 0. The van der Waals surface area contributed by atoms with Crippen molar-refractivity contribution in [3.05, 3.63) is 33.8 Å². The Bertz CT molecular complexity index is 683. The molecule has 2 heterocycles. The van der Waals surface area contributed by atoms with E-state index < -0.39 is 10.8 Å². The molecule has 0 atom stereocenters. The molecule has 0 aliphatic rings. The Labute approximate surface area is 118 Å². The van der Waals surface area contributed by atoms with Crippen LogP contribution in [0, 0.1) is 17.0 Å². The Balaban J connectivity index is 2.32. The van der Waals surface area contributed by atoms with Crippen LogP contribution in [0.1, 0.15) is 23.1 Å². The van der Waals surface area contributed by atoms with Gasteiger partial charge in [-0.25, -0.2) is 4.98 Å². The van der Waals surface area contributed by atoms with Crippen molar-refractivity contribution in [3.8, 4) is 0 Å². The summed E-state index contributed by atoms with van der Waals surface area (Å²) in [5, 5.41) is 19.5. The molecule has 2 rings (SSSR count). The monoisotopic (exact) mass is 292 g/mol. The normalized spacial score (nSPS) is 10.2. The quantitative estimate of drug-likeness (QED) is 0.622. The number of nitrogens with zero attached hydrogens (tertiary/aromatic N) is 4. The van der Waals surface area contributed by atoms with E-state index in [-0.39, 0.29) is 23.1 Å². The third-order valence-electron chi connectivity index (χ3n) is 2.42. The van der Waals surface area contributed by atoms with Gasteiger partial charge in [-0.3, -0.25) is 20.2 Å². The number of amides is 1. The predicted molar refractivity (Wildman–Crippen MR) is 72.0 cm³/mol. The van der Waals surface area contributed by atoms with Crippen LogP contribution in [0.2, 0.25) is 0 Å². The SMILES string of the molecule is CCNc1ncc([N+](=O)[O-])cc1C(=O)Nc1nc(C)no1. The summed E-state index contributed by atoms with van der Waals surface area (Å²) in [6.45, 7) is 3.91. The summed E-state index contributed by atoms with van der Waals surface area (Å²) in [4.78, 5) is 30.0. The number of pyridine rings is 1. The van der Waals surface area contributed by atoms with Gasteiger partial charge in [0, 0.05) is 12.6 Å². The van der Waals surface area contributed by atoms with Gasteiger partial charge in [-0.1, -0.05) is 5.16 Å². The molecule has 0 aliphatic carbocycles. The van der Waals surface area contributed by atoms with Crippen LogP contribution in [0.4, 0.5) is 17.5 Å². The second-order valence-electron chi connectivity index (χ2n) is 3.98. The lowest BCUT2D eigenvalue weighted by Gasteiger charge is -2.08. The summed E-state index contributed by atoms with van der Waals surface area (Å²) in [5.41, 5.74) is -0.273. The summed E-state index contributed by atoms with van der Waals surface area (Å²) in [6.07, 6.45) is 1.08. The standard InChI is InChI=1S/C11H12N6O4/c1-3-12-9-8(4-7(5-13-9)17(19)20)10(18)15-11-14-6(2)16-21-11/h4-5H,3H2,1-2H3,(H,12,13)(H,14,15,16,18). The highest BCUT2D eigenvalue weighted by Gasteiger charge is 2.19. The molecule has 0 aliphatic heterocycles. The minimum absolute atomic E-state index is 0.0157. The van der Waals surface area contributed by atoms with Crippen molar-refractivity contribution >= 4 is 23.4 Å². The Hall–Kier alpha value is -3.04. The van der Waals surface area contributed by atoms with Crippen LogP contribution in [0.3, 0.4) is 0 Å². The van der Waals surface area contributed by atoms with Crippen molar-refractivity contribution in [3.63, 3.8) is 0 Å². The average molecular weight is 292 g/mol. The first kappa shape index (κ1) is 14.4. The molecule has 2 aromatic rings. The predicted octanol–water partition coefficient (Wildman–Crippen LogP) is 1.37. The van der Waals surface area contributed by atoms with Crippen molar-refractivity contribution in [2.24, 2.45) is 0 Å². The van der Waals surface area contributed by atoms with Crippen LogP contribution in [0.25, 0.3) is 0 Å². The van der Waals surface area contributed by atoms with Gasteiger partial charge in [0.1, 0.15) is 12.0 Å². The van der Waals surface area contributed by atoms with Crippen LogP contribution >= 0.6 is 0 Å². The largest absolute Gasteiger partial charge is 0.370 e. The molecule has 2 N–H and O–H groups in total. The number of aryl methyl sites for hydroxylation is 1. The van der Waals surface area contributed by atoms with Gasteiger partial charge in [-0.05, 0) is 13.8 Å². The summed E-state index contributed by atoms with van der Waals surface area (Å²) < 4.78 is 4.77. The average Bonchev–Trinajstić information content (AvgIpc) is 2.84. The molecule has 10 nitrogen and oxygen atoms in total. The molecule has 10 heteroatoms. The van der Waals surface area contributed by atoms with Crippen LogP contribution in [-0.2, 0) is 0 Å². The minimum Gasteiger partial charge on any atom is -0.370 e. The van der Waals surface area contributed by atoms with Crippen molar-refractivity contribution < 1.29 is 14.2 Å². The Morgan fingerprint density at radius 3 is 2.86 bits per heavy atom. The van der Waals surface area contributed by atoms with Crippen molar-refractivity contribution in [1.29, 1.82) is 0 Å². The molecule has 0 spiro atoms. The third kappa shape index (κ3) is 3.29. The fourth-order valence-corrected chi connectivity index (χ4v) is 1.55. The number of aromatic nitrogens is 3. The molecular formula is C11H12N6O4. The molecular weight excluding hydrogens is 280 g/mol. The highest BCUT2D eigenvalue weighted by atomic mass is 16.6. The molecule has 0 saturated heterocycles. The first-order valence-corrected chi connectivity index (χ1v) is 6.01. The number of anilines is 2. The molecule has 1 amide bonds. The highest BCUT2D eigenvalue weighted by molar-refractivity contribution is 6.06. The van der Waals surface area contributed by atoms with Gasteiger partial charge in [0.25, 0.3) is 11.6 Å². The van der Waals surface area contributed by atoms with Crippen molar-refractivity contribution in [2.45, 2.75) is 13.8 Å². The lowest BCUT2D eigenvalue weighted by molar-refractivity contribution is -0.385. The van der Waals surface area contributed by atoms with Crippen LogP contribution < -0.4 is 10.6 Å². The van der Waals surface area contributed by atoms with Gasteiger partial charge < -0.3 is 9.84 Å². The number of nitrogens with one attached hydrogen (secondary N) is 2. The second kappa shape index (κ2) is 5.94. The molecule has 0 saturated carbocycles. The van der Waals surface area contributed by atoms with Gasteiger partial charge in [0.15, 0.2) is 5.82 Å². The molecule has 0 fully saturated rings. The molecule has 0 bridgehead atoms. The third-order valence-corrected chi connectivity index (χ3v) is 2.42. The zero-order valence-electron chi connectivity index (χ0n) is 11.3. The maximum atomic E-state index is 12.2. The number of carbonyl (C=O) groups excluding carboxylic acids is 1. The van der Waals surface area contributed by atoms with E-state index in [4.69, 9.17) is 4.52 Å². The van der Waals surface area contributed by atoms with E-state index in [9.17, 15) is 14.9 Å². The lowest BCUT2D eigenvalue weighted by Crippen LogP contribution is -2.16. The lowest BCUT2D eigenvalue weighted by atomic mass is 10.2. The number of nitro groups is 1. The minimum atomic E-state index is -0.634. The van der Waals surface area contributed by atoms with E-state index in [1.54, 1.807) is 6.92 Å². The zero-order chi connectivity index (χ0) is 15.4. The van der Waals surface area contributed by atoms with Gasteiger partial charge in [0.2, 0.25) is 0 Å². The summed E-state index contributed by atoms with van der Waals surface area (Å²) in [5.74, 6) is -0.0444. The molecule has 21 heavy (non-hydrogen) atoms.